The zero-order chi connectivity index (χ0) is 10.1. The van der Waals surface area contributed by atoms with Crippen LogP contribution in [-0.2, 0) is 4.57 Å². The summed E-state index contributed by atoms with van der Waals surface area (Å²) in [5, 5.41) is 0. The molecule has 0 saturated carbocycles. The molecule has 0 aliphatic carbocycles. The van der Waals surface area contributed by atoms with Crippen LogP contribution >= 0.6 is 23.5 Å². The summed E-state index contributed by atoms with van der Waals surface area (Å²) < 4.78 is 24.2. The van der Waals surface area contributed by atoms with Gasteiger partial charge in [-0.15, -0.1) is 0 Å². The minimum atomic E-state index is -4.69. The summed E-state index contributed by atoms with van der Waals surface area (Å²) in [5.74, 6) is -2.25. The fourth-order valence-electron chi connectivity index (χ4n) is 0.849. The Morgan fingerprint density at radius 1 is 1.46 bits per heavy atom. The summed E-state index contributed by atoms with van der Waals surface area (Å²) in [6, 6.07) is 5.83. The Labute approximate surface area is 82.9 Å². The van der Waals surface area contributed by atoms with Gasteiger partial charge in [0, 0.05) is 4.47 Å². The molecule has 6 heteroatoms. The van der Waals surface area contributed by atoms with Crippen LogP contribution in [0.5, 0.6) is 0 Å². The first-order valence-electron chi connectivity index (χ1n) is 3.36. The highest BCUT2D eigenvalue weighted by atomic mass is 79.9. The van der Waals surface area contributed by atoms with Crippen LogP contribution in [0.25, 0.3) is 0 Å². The van der Waals surface area contributed by atoms with Crippen LogP contribution in [0.2, 0.25) is 0 Å². The Bertz CT molecular complexity index is 351. The molecule has 0 amide bonds. The summed E-state index contributed by atoms with van der Waals surface area (Å²) in [7, 11) is -4.69. The van der Waals surface area contributed by atoms with Gasteiger partial charge in [-0.1, -0.05) is 28.1 Å². The Morgan fingerprint density at radius 2 is 2.08 bits per heavy atom. The average Bonchev–Trinajstić information content (AvgIpc) is 2.01. The van der Waals surface area contributed by atoms with E-state index in [0.717, 1.165) is 0 Å². The van der Waals surface area contributed by atoms with Gasteiger partial charge in [-0.3, -0.25) is 4.57 Å². The molecule has 0 aromatic heterocycles. The molecule has 2 N–H and O–H groups in total. The van der Waals surface area contributed by atoms with E-state index < -0.39 is 13.5 Å². The second-order valence-electron chi connectivity index (χ2n) is 2.48. The first-order valence-corrected chi connectivity index (χ1v) is 5.83. The quantitative estimate of drug-likeness (QED) is 0.811. The predicted molar refractivity (Wildman–Crippen MR) is 50.0 cm³/mol. The molecule has 0 saturated heterocycles. The number of rotatable bonds is 2. The van der Waals surface area contributed by atoms with Gasteiger partial charge >= 0.3 is 7.60 Å². The van der Waals surface area contributed by atoms with Crippen LogP contribution in [0.15, 0.2) is 28.7 Å². The van der Waals surface area contributed by atoms with Crippen LogP contribution in [0.4, 0.5) is 4.39 Å². The second-order valence-corrected chi connectivity index (χ2v) is 5.03. The van der Waals surface area contributed by atoms with Crippen molar-refractivity contribution in [1.29, 1.82) is 0 Å². The van der Waals surface area contributed by atoms with Crippen LogP contribution in [0.3, 0.4) is 0 Å². The lowest BCUT2D eigenvalue weighted by Crippen LogP contribution is -1.92. The van der Waals surface area contributed by atoms with Crippen molar-refractivity contribution in [1.82, 2.24) is 0 Å². The number of alkyl halides is 1. The molecule has 0 aliphatic heterocycles. The molecule has 0 fully saturated rings. The van der Waals surface area contributed by atoms with Gasteiger partial charge in [0.05, 0.1) is 0 Å². The molecular formula is C7H7BrFO3P. The molecule has 1 rings (SSSR count). The van der Waals surface area contributed by atoms with Gasteiger partial charge in [-0.05, 0) is 17.7 Å². The normalized spacial score (nSPS) is 14.2. The summed E-state index contributed by atoms with van der Waals surface area (Å²) in [5.41, 5.74) is -0.0253. The van der Waals surface area contributed by atoms with E-state index in [4.69, 9.17) is 9.79 Å². The van der Waals surface area contributed by atoms with E-state index in [9.17, 15) is 8.96 Å². The van der Waals surface area contributed by atoms with Gasteiger partial charge in [-0.2, -0.15) is 0 Å². The van der Waals surface area contributed by atoms with E-state index in [-0.39, 0.29) is 5.56 Å². The van der Waals surface area contributed by atoms with E-state index in [0.29, 0.717) is 4.47 Å². The van der Waals surface area contributed by atoms with Crippen molar-refractivity contribution in [2.45, 2.75) is 5.91 Å². The molecule has 1 aromatic rings. The molecule has 3 nitrogen and oxygen atoms in total. The monoisotopic (exact) mass is 268 g/mol. The van der Waals surface area contributed by atoms with E-state index in [1.54, 1.807) is 6.07 Å². The standard InChI is InChI=1S/C7H7BrFO3P/c8-6-3-1-2-5(4-6)7(9)13(10,11)12/h1-4,7H,(H2,10,11,12). The zero-order valence-corrected chi connectivity index (χ0v) is 8.87. The number of benzene rings is 1. The molecule has 0 bridgehead atoms. The minimum absolute atomic E-state index is 0.0253. The summed E-state index contributed by atoms with van der Waals surface area (Å²) in [6.07, 6.45) is 0. The molecule has 13 heavy (non-hydrogen) atoms. The highest BCUT2D eigenvalue weighted by Gasteiger charge is 2.29. The van der Waals surface area contributed by atoms with Crippen molar-refractivity contribution in [2.24, 2.45) is 0 Å². The van der Waals surface area contributed by atoms with Crippen molar-refractivity contribution in [3.63, 3.8) is 0 Å². The Balaban J connectivity index is 3.02. The van der Waals surface area contributed by atoms with E-state index >= 15 is 0 Å². The van der Waals surface area contributed by atoms with Crippen molar-refractivity contribution in [3.8, 4) is 0 Å². The number of hydrogen-bond donors (Lipinski definition) is 2. The van der Waals surface area contributed by atoms with Crippen molar-refractivity contribution in [3.05, 3.63) is 34.3 Å². The second kappa shape index (κ2) is 3.88. The lowest BCUT2D eigenvalue weighted by atomic mass is 10.2. The maximum Gasteiger partial charge on any atom is 0.363 e. The zero-order valence-electron chi connectivity index (χ0n) is 6.39. The SMILES string of the molecule is O=P(O)(O)C(F)c1cccc(Br)c1. The highest BCUT2D eigenvalue weighted by molar-refractivity contribution is 9.10. The lowest BCUT2D eigenvalue weighted by molar-refractivity contribution is 0.303. The summed E-state index contributed by atoms with van der Waals surface area (Å²) in [6.45, 7) is 0. The Morgan fingerprint density at radius 3 is 2.54 bits per heavy atom. The Hall–Kier alpha value is -0.220. The molecule has 0 spiro atoms. The topological polar surface area (TPSA) is 57.5 Å². The Kier molecular flexibility index (Phi) is 3.24. The molecule has 1 unspecified atom stereocenters. The lowest BCUT2D eigenvalue weighted by Gasteiger charge is -2.09. The van der Waals surface area contributed by atoms with Crippen LogP contribution in [0, 0.1) is 0 Å². The van der Waals surface area contributed by atoms with Crippen LogP contribution in [-0.4, -0.2) is 9.79 Å². The number of halogens is 2. The largest absolute Gasteiger partial charge is 0.363 e. The van der Waals surface area contributed by atoms with Crippen LogP contribution < -0.4 is 0 Å². The molecule has 0 heterocycles. The van der Waals surface area contributed by atoms with Gasteiger partial charge in [0.2, 0.25) is 5.91 Å². The van der Waals surface area contributed by atoms with Gasteiger partial charge in [0.15, 0.2) is 0 Å². The van der Waals surface area contributed by atoms with E-state index in [2.05, 4.69) is 15.9 Å². The third-order valence-corrected chi connectivity index (χ3v) is 2.80. The molecular weight excluding hydrogens is 262 g/mol. The van der Waals surface area contributed by atoms with E-state index in [1.807, 2.05) is 0 Å². The third kappa shape index (κ3) is 2.88. The third-order valence-electron chi connectivity index (χ3n) is 1.42. The predicted octanol–water partition coefficient (Wildman–Crippen LogP) is 2.59. The van der Waals surface area contributed by atoms with E-state index in [1.165, 1.54) is 18.2 Å². The first kappa shape index (κ1) is 10.9. The van der Waals surface area contributed by atoms with Crippen LogP contribution in [0.1, 0.15) is 11.5 Å². The molecule has 0 aliphatic rings. The average molecular weight is 269 g/mol. The van der Waals surface area contributed by atoms with Gasteiger partial charge in [-0.25, -0.2) is 4.39 Å². The van der Waals surface area contributed by atoms with Crippen molar-refractivity contribution in [2.75, 3.05) is 0 Å². The van der Waals surface area contributed by atoms with Crippen molar-refractivity contribution < 1.29 is 18.7 Å². The smallest absolute Gasteiger partial charge is 0.322 e. The maximum absolute atomic E-state index is 13.0. The summed E-state index contributed by atoms with van der Waals surface area (Å²) in [4.78, 5) is 17.1. The molecule has 1 aromatic carbocycles. The first-order chi connectivity index (χ1) is 5.91. The van der Waals surface area contributed by atoms with Gasteiger partial charge < -0.3 is 9.79 Å². The maximum atomic E-state index is 13.0. The molecule has 1 atom stereocenters. The van der Waals surface area contributed by atoms with Crippen molar-refractivity contribution >= 4 is 23.5 Å². The number of hydrogen-bond acceptors (Lipinski definition) is 1. The minimum Gasteiger partial charge on any atom is -0.322 e. The summed E-state index contributed by atoms with van der Waals surface area (Å²) >= 11 is 3.08. The fraction of sp³-hybridized carbons (Fsp3) is 0.143. The van der Waals surface area contributed by atoms with Gasteiger partial charge in [0.1, 0.15) is 0 Å². The molecule has 0 radical (unpaired) electrons. The van der Waals surface area contributed by atoms with Gasteiger partial charge in [0.25, 0.3) is 0 Å². The highest BCUT2D eigenvalue weighted by Crippen LogP contribution is 2.52. The fourth-order valence-corrected chi connectivity index (χ4v) is 1.81. The molecule has 72 valence electrons.